The Morgan fingerprint density at radius 2 is 1.62 bits per heavy atom. The van der Waals surface area contributed by atoms with E-state index < -0.39 is 0 Å². The number of carbonyl (C=O) groups is 2. The molecule has 1 N–H and O–H groups in total. The van der Waals surface area contributed by atoms with Gasteiger partial charge in [-0.3, -0.25) is 14.5 Å². The maximum atomic E-state index is 11.3. The number of benzene rings is 1. The van der Waals surface area contributed by atoms with E-state index in [4.69, 9.17) is 5.11 Å². The molecule has 1 aromatic carbocycles. The molecule has 0 spiro atoms. The number of hydrogen-bond donors (Lipinski definition) is 1. The van der Waals surface area contributed by atoms with Gasteiger partial charge in [0, 0.05) is 19.4 Å². The van der Waals surface area contributed by atoms with Crippen molar-refractivity contribution in [2.24, 2.45) is 0 Å². The summed E-state index contributed by atoms with van der Waals surface area (Å²) >= 11 is 0. The smallest absolute Gasteiger partial charge is 0.229 e. The first-order valence-electron chi connectivity index (χ1n) is 5.28. The van der Waals surface area contributed by atoms with Gasteiger partial charge in [0.05, 0.1) is 0 Å². The molecular weight excluding hydrogens is 206 g/mol. The quantitative estimate of drug-likeness (QED) is 0.774. The Morgan fingerprint density at radius 3 is 2.19 bits per heavy atom. The molecule has 0 unspecified atom stereocenters. The minimum absolute atomic E-state index is 0.0798. The Balaban J connectivity index is 1.94. The molecule has 0 saturated carbocycles. The van der Waals surface area contributed by atoms with Gasteiger partial charge in [0.2, 0.25) is 11.8 Å². The maximum Gasteiger partial charge on any atom is 0.229 e. The third-order valence-electron chi connectivity index (χ3n) is 2.72. The number of carbonyl (C=O) groups excluding carboxylic acids is 2. The summed E-state index contributed by atoms with van der Waals surface area (Å²) in [5, 5.41) is 9.10. The van der Waals surface area contributed by atoms with E-state index >= 15 is 0 Å². The molecule has 2 amide bonds. The van der Waals surface area contributed by atoms with E-state index in [1.807, 2.05) is 0 Å². The van der Waals surface area contributed by atoms with Gasteiger partial charge in [-0.15, -0.1) is 0 Å². The van der Waals surface area contributed by atoms with Gasteiger partial charge in [-0.1, -0.05) is 12.1 Å². The molecule has 0 atom stereocenters. The van der Waals surface area contributed by atoms with Gasteiger partial charge in [0.25, 0.3) is 0 Å². The third kappa shape index (κ3) is 2.21. The predicted octanol–water partition coefficient (Wildman–Crippen LogP) is 1.08. The van der Waals surface area contributed by atoms with E-state index in [0.717, 1.165) is 5.56 Å². The topological polar surface area (TPSA) is 57.6 Å². The summed E-state index contributed by atoms with van der Waals surface area (Å²) in [6.07, 6.45) is 1.32. The molecule has 0 bridgehead atoms. The van der Waals surface area contributed by atoms with E-state index in [2.05, 4.69) is 0 Å². The molecule has 1 aromatic rings. The lowest BCUT2D eigenvalue weighted by Gasteiger charge is -2.13. The van der Waals surface area contributed by atoms with E-state index in [0.29, 0.717) is 25.8 Å². The van der Waals surface area contributed by atoms with Crippen molar-refractivity contribution in [3.8, 4) is 5.75 Å². The summed E-state index contributed by atoms with van der Waals surface area (Å²) in [6.45, 7) is 0.433. The predicted molar refractivity (Wildman–Crippen MR) is 57.8 cm³/mol. The highest BCUT2D eigenvalue weighted by molar-refractivity contribution is 6.01. The van der Waals surface area contributed by atoms with E-state index in [1.165, 1.54) is 4.90 Å². The third-order valence-corrected chi connectivity index (χ3v) is 2.72. The van der Waals surface area contributed by atoms with Gasteiger partial charge in [0.15, 0.2) is 0 Å². The number of aromatic hydroxyl groups is 1. The second-order valence-electron chi connectivity index (χ2n) is 3.86. The minimum Gasteiger partial charge on any atom is -0.508 e. The van der Waals surface area contributed by atoms with Crippen LogP contribution in [0.1, 0.15) is 18.4 Å². The summed E-state index contributed by atoms with van der Waals surface area (Å²) in [5.41, 5.74) is 1.00. The largest absolute Gasteiger partial charge is 0.508 e. The fourth-order valence-electron chi connectivity index (χ4n) is 1.78. The van der Waals surface area contributed by atoms with Crippen molar-refractivity contribution in [3.05, 3.63) is 29.8 Å². The van der Waals surface area contributed by atoms with Crippen molar-refractivity contribution in [2.45, 2.75) is 19.3 Å². The van der Waals surface area contributed by atoms with Crippen molar-refractivity contribution < 1.29 is 14.7 Å². The fraction of sp³-hybridized carbons (Fsp3) is 0.333. The standard InChI is InChI=1S/C12H13NO3/c14-10-3-1-9(2-4-10)7-8-13-11(15)5-6-12(13)16/h1-4,14H,5-8H2. The lowest BCUT2D eigenvalue weighted by molar-refractivity contribution is -0.138. The Hall–Kier alpha value is -1.84. The van der Waals surface area contributed by atoms with Crippen LogP contribution in [0.25, 0.3) is 0 Å². The lowest BCUT2D eigenvalue weighted by atomic mass is 10.1. The van der Waals surface area contributed by atoms with Crippen molar-refractivity contribution in [2.75, 3.05) is 6.54 Å². The Morgan fingerprint density at radius 1 is 1.06 bits per heavy atom. The van der Waals surface area contributed by atoms with Gasteiger partial charge in [0.1, 0.15) is 5.75 Å². The van der Waals surface area contributed by atoms with Gasteiger partial charge in [-0.05, 0) is 24.1 Å². The van der Waals surface area contributed by atoms with Crippen LogP contribution in [0.5, 0.6) is 5.75 Å². The van der Waals surface area contributed by atoms with Gasteiger partial charge >= 0.3 is 0 Å². The first-order valence-corrected chi connectivity index (χ1v) is 5.28. The van der Waals surface area contributed by atoms with Crippen LogP contribution >= 0.6 is 0 Å². The number of nitrogens with zero attached hydrogens (tertiary/aromatic N) is 1. The maximum absolute atomic E-state index is 11.3. The van der Waals surface area contributed by atoms with Crippen LogP contribution in [-0.4, -0.2) is 28.4 Å². The molecule has 1 saturated heterocycles. The number of phenolic OH excluding ortho intramolecular Hbond substituents is 1. The number of phenols is 1. The Kier molecular flexibility index (Phi) is 2.90. The van der Waals surface area contributed by atoms with Gasteiger partial charge < -0.3 is 5.11 Å². The summed E-state index contributed by atoms with van der Waals surface area (Å²) in [6, 6.07) is 6.78. The zero-order valence-electron chi connectivity index (χ0n) is 8.85. The molecule has 84 valence electrons. The second-order valence-corrected chi connectivity index (χ2v) is 3.86. The van der Waals surface area contributed by atoms with Crippen LogP contribution in [0.3, 0.4) is 0 Å². The fourth-order valence-corrected chi connectivity index (χ4v) is 1.78. The Bertz CT molecular complexity index is 395. The molecular formula is C12H13NO3. The highest BCUT2D eigenvalue weighted by Gasteiger charge is 2.27. The molecule has 4 nitrogen and oxygen atoms in total. The van der Waals surface area contributed by atoms with E-state index in [9.17, 15) is 9.59 Å². The summed E-state index contributed by atoms with van der Waals surface area (Å²) in [4.78, 5) is 24.0. The normalized spacial score (nSPS) is 15.9. The molecule has 2 rings (SSSR count). The van der Waals surface area contributed by atoms with Gasteiger partial charge in [-0.2, -0.15) is 0 Å². The van der Waals surface area contributed by atoms with Gasteiger partial charge in [-0.25, -0.2) is 0 Å². The molecule has 4 heteroatoms. The van der Waals surface area contributed by atoms with Crippen molar-refractivity contribution in [1.29, 1.82) is 0 Å². The summed E-state index contributed by atoms with van der Waals surface area (Å²) < 4.78 is 0. The zero-order chi connectivity index (χ0) is 11.5. The second kappa shape index (κ2) is 4.35. The van der Waals surface area contributed by atoms with Crippen LogP contribution in [0, 0.1) is 0 Å². The van der Waals surface area contributed by atoms with Crippen LogP contribution in [0.15, 0.2) is 24.3 Å². The minimum atomic E-state index is -0.0798. The average Bonchev–Trinajstić information content (AvgIpc) is 2.59. The molecule has 16 heavy (non-hydrogen) atoms. The molecule has 0 aliphatic carbocycles. The molecule has 0 aromatic heterocycles. The summed E-state index contributed by atoms with van der Waals surface area (Å²) in [7, 11) is 0. The molecule has 1 heterocycles. The van der Waals surface area contributed by atoms with Crippen molar-refractivity contribution in [1.82, 2.24) is 4.90 Å². The molecule has 1 aliphatic rings. The number of hydrogen-bond acceptors (Lipinski definition) is 3. The van der Waals surface area contributed by atoms with Crippen LogP contribution < -0.4 is 0 Å². The number of amides is 2. The van der Waals surface area contributed by atoms with Crippen LogP contribution in [0.4, 0.5) is 0 Å². The number of rotatable bonds is 3. The molecule has 1 aliphatic heterocycles. The van der Waals surface area contributed by atoms with E-state index in [-0.39, 0.29) is 17.6 Å². The van der Waals surface area contributed by atoms with Crippen molar-refractivity contribution in [3.63, 3.8) is 0 Å². The summed E-state index contributed by atoms with van der Waals surface area (Å²) in [5.74, 6) is 0.0598. The first kappa shape index (κ1) is 10.7. The number of imide groups is 1. The van der Waals surface area contributed by atoms with E-state index in [1.54, 1.807) is 24.3 Å². The first-order chi connectivity index (χ1) is 7.66. The highest BCUT2D eigenvalue weighted by atomic mass is 16.3. The SMILES string of the molecule is O=C1CCC(=O)N1CCc1ccc(O)cc1. The molecule has 0 radical (unpaired) electrons. The lowest BCUT2D eigenvalue weighted by Crippen LogP contribution is -2.31. The zero-order valence-corrected chi connectivity index (χ0v) is 8.85. The van der Waals surface area contributed by atoms with Crippen LogP contribution in [0.2, 0.25) is 0 Å². The van der Waals surface area contributed by atoms with Crippen LogP contribution in [-0.2, 0) is 16.0 Å². The average molecular weight is 219 g/mol. The molecule has 1 fully saturated rings. The highest BCUT2D eigenvalue weighted by Crippen LogP contribution is 2.14. The monoisotopic (exact) mass is 219 g/mol. The number of likely N-dealkylation sites (tertiary alicyclic amines) is 1. The Labute approximate surface area is 93.5 Å². The van der Waals surface area contributed by atoms with Crippen molar-refractivity contribution >= 4 is 11.8 Å².